The first kappa shape index (κ1) is 17.1. The smallest absolute Gasteiger partial charge is 0.406 e. The first-order valence-corrected chi connectivity index (χ1v) is 7.87. The summed E-state index contributed by atoms with van der Waals surface area (Å²) in [4.78, 5) is 7.52. The molecule has 0 N–H and O–H groups in total. The molecule has 1 aliphatic rings. The van der Waals surface area contributed by atoms with Gasteiger partial charge in [-0.1, -0.05) is 35.5 Å². The van der Waals surface area contributed by atoms with Crippen molar-refractivity contribution < 1.29 is 22.7 Å². The van der Waals surface area contributed by atoms with Crippen molar-refractivity contribution in [3.05, 3.63) is 60.2 Å². The van der Waals surface area contributed by atoms with E-state index in [0.717, 1.165) is 23.6 Å². The van der Waals surface area contributed by atoms with Gasteiger partial charge < -0.3 is 14.5 Å². The third-order valence-corrected chi connectivity index (χ3v) is 3.83. The van der Waals surface area contributed by atoms with Crippen LogP contribution in [0.3, 0.4) is 0 Å². The van der Waals surface area contributed by atoms with Crippen LogP contribution in [-0.2, 0) is 4.84 Å². The molecule has 0 saturated heterocycles. The predicted molar refractivity (Wildman–Crippen MR) is 88.5 cm³/mol. The molecular formula is C18H17F3N2O2. The van der Waals surface area contributed by atoms with Gasteiger partial charge in [0.05, 0.1) is 6.42 Å². The van der Waals surface area contributed by atoms with Gasteiger partial charge in [0.1, 0.15) is 5.75 Å². The zero-order chi connectivity index (χ0) is 17.9. The Hall–Kier alpha value is -2.70. The molecule has 2 aromatic rings. The van der Waals surface area contributed by atoms with Crippen molar-refractivity contribution in [3.8, 4) is 5.75 Å². The number of amidine groups is 1. The van der Waals surface area contributed by atoms with Gasteiger partial charge in [0.2, 0.25) is 0 Å². The summed E-state index contributed by atoms with van der Waals surface area (Å²) in [5.74, 6) is 0.532. The number of rotatable bonds is 4. The van der Waals surface area contributed by atoms with Crippen LogP contribution >= 0.6 is 0 Å². The van der Waals surface area contributed by atoms with Crippen molar-refractivity contribution in [1.82, 2.24) is 0 Å². The SMILES string of the molecule is CCN(C1=NO[C@@H](c2ccc(OC(F)(F)F)cc2)C1)c1ccccc1. The van der Waals surface area contributed by atoms with Gasteiger partial charge >= 0.3 is 6.36 Å². The summed E-state index contributed by atoms with van der Waals surface area (Å²) in [5.41, 5.74) is 1.76. The lowest BCUT2D eigenvalue weighted by Gasteiger charge is -2.21. The van der Waals surface area contributed by atoms with Crippen LogP contribution in [-0.4, -0.2) is 18.7 Å². The average Bonchev–Trinajstić information content (AvgIpc) is 3.05. The number of oxime groups is 1. The third kappa shape index (κ3) is 4.23. The van der Waals surface area contributed by atoms with Crippen LogP contribution < -0.4 is 9.64 Å². The van der Waals surface area contributed by atoms with E-state index in [4.69, 9.17) is 4.84 Å². The third-order valence-electron chi connectivity index (χ3n) is 3.83. The fourth-order valence-corrected chi connectivity index (χ4v) is 2.71. The van der Waals surface area contributed by atoms with E-state index in [2.05, 4.69) is 9.89 Å². The van der Waals surface area contributed by atoms with Crippen LogP contribution in [0.5, 0.6) is 5.75 Å². The summed E-state index contributed by atoms with van der Waals surface area (Å²) in [6.07, 6.45) is -4.48. The number of para-hydroxylation sites is 1. The number of benzene rings is 2. The lowest BCUT2D eigenvalue weighted by Crippen LogP contribution is -2.29. The van der Waals surface area contributed by atoms with E-state index >= 15 is 0 Å². The molecule has 0 amide bonds. The molecule has 3 rings (SSSR count). The highest BCUT2D eigenvalue weighted by Gasteiger charge is 2.31. The maximum Gasteiger partial charge on any atom is 0.573 e. The molecule has 0 aromatic heterocycles. The Labute approximate surface area is 143 Å². The molecule has 0 aliphatic carbocycles. The largest absolute Gasteiger partial charge is 0.573 e. The summed E-state index contributed by atoms with van der Waals surface area (Å²) in [6.45, 7) is 2.75. The highest BCUT2D eigenvalue weighted by atomic mass is 19.4. The molecule has 1 atom stereocenters. The molecule has 25 heavy (non-hydrogen) atoms. The summed E-state index contributed by atoms with van der Waals surface area (Å²) in [6, 6.07) is 15.5. The molecule has 0 spiro atoms. The molecule has 132 valence electrons. The topological polar surface area (TPSA) is 34.1 Å². The minimum Gasteiger partial charge on any atom is -0.406 e. The van der Waals surface area contributed by atoms with E-state index in [9.17, 15) is 13.2 Å². The summed E-state index contributed by atoms with van der Waals surface area (Å²) in [5, 5.41) is 4.15. The van der Waals surface area contributed by atoms with Gasteiger partial charge in [0, 0.05) is 12.2 Å². The number of ether oxygens (including phenoxy) is 1. The van der Waals surface area contributed by atoms with Crippen molar-refractivity contribution in [2.24, 2.45) is 5.16 Å². The Balaban J connectivity index is 1.67. The molecule has 0 unspecified atom stereocenters. The summed E-state index contributed by atoms with van der Waals surface area (Å²) < 4.78 is 40.5. The van der Waals surface area contributed by atoms with Gasteiger partial charge in [0.15, 0.2) is 11.9 Å². The molecule has 7 heteroatoms. The van der Waals surface area contributed by atoms with Gasteiger partial charge in [-0.3, -0.25) is 0 Å². The fraction of sp³-hybridized carbons (Fsp3) is 0.278. The Morgan fingerprint density at radius 1 is 1.12 bits per heavy atom. The maximum atomic E-state index is 12.2. The molecule has 4 nitrogen and oxygen atoms in total. The summed E-state index contributed by atoms with van der Waals surface area (Å²) in [7, 11) is 0. The number of anilines is 1. The van der Waals surface area contributed by atoms with Crippen molar-refractivity contribution in [2.75, 3.05) is 11.4 Å². The van der Waals surface area contributed by atoms with E-state index in [1.807, 2.05) is 42.2 Å². The second-order valence-electron chi connectivity index (χ2n) is 5.50. The van der Waals surface area contributed by atoms with Gasteiger partial charge in [-0.25, -0.2) is 0 Å². The Kier molecular flexibility index (Phi) is 4.83. The molecule has 1 aliphatic heterocycles. The van der Waals surface area contributed by atoms with E-state index < -0.39 is 6.36 Å². The van der Waals surface area contributed by atoms with Crippen LogP contribution in [0, 0.1) is 0 Å². The zero-order valence-electron chi connectivity index (χ0n) is 13.5. The minimum atomic E-state index is -4.70. The van der Waals surface area contributed by atoms with Gasteiger partial charge in [-0.15, -0.1) is 13.2 Å². The van der Waals surface area contributed by atoms with Crippen LogP contribution in [0.4, 0.5) is 18.9 Å². The molecule has 1 heterocycles. The quantitative estimate of drug-likeness (QED) is 0.788. The number of nitrogens with zero attached hydrogens (tertiary/aromatic N) is 2. The van der Waals surface area contributed by atoms with E-state index in [1.165, 1.54) is 12.1 Å². The maximum absolute atomic E-state index is 12.2. The minimum absolute atomic E-state index is 0.255. The fourth-order valence-electron chi connectivity index (χ4n) is 2.71. The number of alkyl halides is 3. The second-order valence-corrected chi connectivity index (χ2v) is 5.50. The normalized spacial score (nSPS) is 17.0. The van der Waals surface area contributed by atoms with Crippen molar-refractivity contribution in [3.63, 3.8) is 0 Å². The van der Waals surface area contributed by atoms with Crippen molar-refractivity contribution >= 4 is 11.5 Å². The highest BCUT2D eigenvalue weighted by molar-refractivity contribution is 5.98. The predicted octanol–water partition coefficient (Wildman–Crippen LogP) is 4.89. The highest BCUT2D eigenvalue weighted by Crippen LogP contribution is 2.32. The molecule has 0 radical (unpaired) electrons. The monoisotopic (exact) mass is 350 g/mol. The molecule has 2 aromatic carbocycles. The Morgan fingerprint density at radius 3 is 2.40 bits per heavy atom. The lowest BCUT2D eigenvalue weighted by molar-refractivity contribution is -0.274. The molecule has 0 bridgehead atoms. The molecule has 0 saturated carbocycles. The van der Waals surface area contributed by atoms with Gasteiger partial charge in [0.25, 0.3) is 0 Å². The van der Waals surface area contributed by atoms with Crippen LogP contribution in [0.15, 0.2) is 59.8 Å². The van der Waals surface area contributed by atoms with Gasteiger partial charge in [-0.2, -0.15) is 0 Å². The van der Waals surface area contributed by atoms with Crippen LogP contribution in [0.2, 0.25) is 0 Å². The number of hydrogen-bond donors (Lipinski definition) is 0. The van der Waals surface area contributed by atoms with Crippen molar-refractivity contribution in [1.29, 1.82) is 0 Å². The Bertz CT molecular complexity index is 730. The first-order chi connectivity index (χ1) is 12.0. The zero-order valence-corrected chi connectivity index (χ0v) is 13.5. The van der Waals surface area contributed by atoms with Crippen LogP contribution in [0.1, 0.15) is 25.0 Å². The summed E-state index contributed by atoms with van der Waals surface area (Å²) >= 11 is 0. The standard InChI is InChI=1S/C18H17F3N2O2/c1-2-23(14-6-4-3-5-7-14)17-12-16(25-22-17)13-8-10-15(11-9-13)24-18(19,20)21/h3-11,16H,2,12H2,1H3/t16-/m1/s1. The molecule has 0 fully saturated rings. The van der Waals surface area contributed by atoms with E-state index in [-0.39, 0.29) is 11.9 Å². The lowest BCUT2D eigenvalue weighted by atomic mass is 10.1. The first-order valence-electron chi connectivity index (χ1n) is 7.87. The Morgan fingerprint density at radius 2 is 1.80 bits per heavy atom. The average molecular weight is 350 g/mol. The van der Waals surface area contributed by atoms with Gasteiger partial charge in [-0.05, 0) is 36.8 Å². The van der Waals surface area contributed by atoms with Crippen LogP contribution in [0.25, 0.3) is 0 Å². The second kappa shape index (κ2) is 7.04. The van der Waals surface area contributed by atoms with E-state index in [0.29, 0.717) is 6.42 Å². The van der Waals surface area contributed by atoms with E-state index in [1.54, 1.807) is 12.1 Å². The van der Waals surface area contributed by atoms with Crippen molar-refractivity contribution in [2.45, 2.75) is 25.8 Å². The number of halogens is 3. The number of hydrogen-bond acceptors (Lipinski definition) is 4. The molecular weight excluding hydrogens is 333 g/mol.